The fourth-order valence-electron chi connectivity index (χ4n) is 3.81. The molecule has 1 saturated heterocycles. The van der Waals surface area contributed by atoms with Gasteiger partial charge >= 0.3 is 0 Å². The third kappa shape index (κ3) is 4.77. The summed E-state index contributed by atoms with van der Waals surface area (Å²) in [6, 6.07) is 15.3. The Labute approximate surface area is 171 Å². The summed E-state index contributed by atoms with van der Waals surface area (Å²) in [5.41, 5.74) is 2.64. The first kappa shape index (κ1) is 20.9. The summed E-state index contributed by atoms with van der Waals surface area (Å²) in [7, 11) is 3.23. The quantitative estimate of drug-likeness (QED) is 0.731. The number of hydrogen-bond acceptors (Lipinski definition) is 4. The van der Waals surface area contributed by atoms with Gasteiger partial charge in [-0.1, -0.05) is 30.3 Å². The van der Waals surface area contributed by atoms with Crippen molar-refractivity contribution in [1.82, 2.24) is 10.2 Å². The molecule has 154 valence electrons. The van der Waals surface area contributed by atoms with Gasteiger partial charge < -0.3 is 19.7 Å². The summed E-state index contributed by atoms with van der Waals surface area (Å²) in [6.07, 6.45) is 0. The van der Waals surface area contributed by atoms with Gasteiger partial charge in [0.1, 0.15) is 5.75 Å². The van der Waals surface area contributed by atoms with Crippen molar-refractivity contribution >= 4 is 11.8 Å². The monoisotopic (exact) mass is 396 g/mol. The molecule has 0 aromatic heterocycles. The molecule has 0 saturated carbocycles. The predicted molar refractivity (Wildman–Crippen MR) is 111 cm³/mol. The number of rotatable bonds is 7. The smallest absolute Gasteiger partial charge is 0.254 e. The molecule has 0 radical (unpaired) electrons. The van der Waals surface area contributed by atoms with Crippen molar-refractivity contribution in [2.75, 3.05) is 40.5 Å². The molecular weight excluding hydrogens is 368 g/mol. The van der Waals surface area contributed by atoms with E-state index in [0.717, 1.165) is 16.9 Å². The second kappa shape index (κ2) is 9.56. The Morgan fingerprint density at radius 1 is 1.07 bits per heavy atom. The SMILES string of the molecule is COCCNC(=O)[C@H]1CN(C(=O)c2ccccc2C)C[C@H]1c1ccc(OC)cc1. The van der Waals surface area contributed by atoms with Crippen LogP contribution in [0.25, 0.3) is 0 Å². The minimum Gasteiger partial charge on any atom is -0.497 e. The van der Waals surface area contributed by atoms with Crippen LogP contribution in [0.3, 0.4) is 0 Å². The van der Waals surface area contributed by atoms with Crippen LogP contribution in [0.4, 0.5) is 0 Å². The maximum atomic E-state index is 13.1. The summed E-state index contributed by atoms with van der Waals surface area (Å²) in [5.74, 6) is 0.294. The zero-order valence-corrected chi connectivity index (χ0v) is 17.2. The third-order valence-electron chi connectivity index (χ3n) is 5.47. The van der Waals surface area contributed by atoms with Crippen molar-refractivity contribution < 1.29 is 19.1 Å². The van der Waals surface area contributed by atoms with Gasteiger partial charge in [0.2, 0.25) is 5.91 Å². The van der Waals surface area contributed by atoms with Crippen LogP contribution in [0.15, 0.2) is 48.5 Å². The first-order chi connectivity index (χ1) is 14.0. The molecule has 1 N–H and O–H groups in total. The van der Waals surface area contributed by atoms with Crippen molar-refractivity contribution in [2.24, 2.45) is 5.92 Å². The summed E-state index contributed by atoms with van der Waals surface area (Å²) < 4.78 is 10.3. The molecular formula is C23H28N2O4. The van der Waals surface area contributed by atoms with E-state index in [-0.39, 0.29) is 23.7 Å². The van der Waals surface area contributed by atoms with E-state index in [1.165, 1.54) is 0 Å². The molecule has 2 amide bonds. The van der Waals surface area contributed by atoms with Crippen molar-refractivity contribution in [3.63, 3.8) is 0 Å². The third-order valence-corrected chi connectivity index (χ3v) is 5.47. The van der Waals surface area contributed by atoms with Crippen molar-refractivity contribution in [2.45, 2.75) is 12.8 Å². The van der Waals surface area contributed by atoms with Gasteiger partial charge in [-0.05, 0) is 36.2 Å². The molecule has 0 aliphatic carbocycles. The molecule has 2 atom stereocenters. The fourth-order valence-corrected chi connectivity index (χ4v) is 3.81. The predicted octanol–water partition coefficient (Wildman–Crippen LogP) is 2.62. The summed E-state index contributed by atoms with van der Waals surface area (Å²) >= 11 is 0. The lowest BCUT2D eigenvalue weighted by atomic mass is 9.88. The van der Waals surface area contributed by atoms with Crippen LogP contribution in [0.1, 0.15) is 27.4 Å². The number of likely N-dealkylation sites (tertiary alicyclic amines) is 1. The number of carbonyl (C=O) groups is 2. The number of carbonyl (C=O) groups excluding carboxylic acids is 2. The average molecular weight is 396 g/mol. The zero-order chi connectivity index (χ0) is 20.8. The molecule has 0 spiro atoms. The van der Waals surface area contributed by atoms with Crippen molar-refractivity contribution in [1.29, 1.82) is 0 Å². The van der Waals surface area contributed by atoms with Gasteiger partial charge in [0.15, 0.2) is 0 Å². The second-order valence-corrected chi connectivity index (χ2v) is 7.30. The Kier molecular flexibility index (Phi) is 6.88. The molecule has 3 rings (SSSR count). The van der Waals surface area contributed by atoms with Gasteiger partial charge in [0.05, 0.1) is 19.6 Å². The van der Waals surface area contributed by atoms with E-state index in [2.05, 4.69) is 5.32 Å². The Bertz CT molecular complexity index is 850. The van der Waals surface area contributed by atoms with E-state index >= 15 is 0 Å². The Hall–Kier alpha value is -2.86. The van der Waals surface area contributed by atoms with E-state index < -0.39 is 0 Å². The molecule has 1 fully saturated rings. The van der Waals surface area contributed by atoms with Gasteiger partial charge in [0.25, 0.3) is 5.91 Å². The van der Waals surface area contributed by atoms with Gasteiger partial charge in [0, 0.05) is 38.2 Å². The topological polar surface area (TPSA) is 67.9 Å². The van der Waals surface area contributed by atoms with Crippen LogP contribution in [0.2, 0.25) is 0 Å². The molecule has 1 aliphatic heterocycles. The normalized spacial score (nSPS) is 18.5. The lowest BCUT2D eigenvalue weighted by molar-refractivity contribution is -0.125. The molecule has 1 aliphatic rings. The highest BCUT2D eigenvalue weighted by molar-refractivity contribution is 5.96. The van der Waals surface area contributed by atoms with E-state index in [0.29, 0.717) is 31.8 Å². The van der Waals surface area contributed by atoms with Gasteiger partial charge in [-0.3, -0.25) is 9.59 Å². The molecule has 6 nitrogen and oxygen atoms in total. The molecule has 0 bridgehead atoms. The lowest BCUT2D eigenvalue weighted by Crippen LogP contribution is -2.37. The minimum absolute atomic E-state index is 0.0335. The van der Waals surface area contributed by atoms with Crippen LogP contribution in [-0.2, 0) is 9.53 Å². The highest BCUT2D eigenvalue weighted by atomic mass is 16.5. The summed E-state index contributed by atoms with van der Waals surface area (Å²) in [5, 5.41) is 2.93. The van der Waals surface area contributed by atoms with E-state index in [4.69, 9.17) is 9.47 Å². The van der Waals surface area contributed by atoms with Gasteiger partial charge in [-0.25, -0.2) is 0 Å². The minimum atomic E-state index is -0.312. The summed E-state index contributed by atoms with van der Waals surface area (Å²) in [4.78, 5) is 27.8. The zero-order valence-electron chi connectivity index (χ0n) is 17.2. The van der Waals surface area contributed by atoms with Crippen LogP contribution < -0.4 is 10.1 Å². The molecule has 6 heteroatoms. The highest BCUT2D eigenvalue weighted by Crippen LogP contribution is 2.34. The standard InChI is InChI=1S/C23H28N2O4/c1-16-6-4-5-7-19(16)23(27)25-14-20(17-8-10-18(29-3)11-9-17)21(15-25)22(26)24-12-13-28-2/h4-11,20-21H,12-15H2,1-3H3,(H,24,26)/t20-,21-/m0/s1. The number of methoxy groups -OCH3 is 2. The van der Waals surface area contributed by atoms with Crippen molar-refractivity contribution in [3.05, 3.63) is 65.2 Å². The molecule has 1 heterocycles. The first-order valence-electron chi connectivity index (χ1n) is 9.80. The lowest BCUT2D eigenvalue weighted by Gasteiger charge is -2.18. The molecule has 2 aromatic carbocycles. The van der Waals surface area contributed by atoms with Crippen LogP contribution in [-0.4, -0.2) is 57.2 Å². The number of ether oxygens (including phenoxy) is 2. The average Bonchev–Trinajstić information content (AvgIpc) is 3.19. The summed E-state index contributed by atoms with van der Waals surface area (Å²) in [6.45, 7) is 3.73. The number of nitrogens with one attached hydrogen (secondary N) is 1. The Morgan fingerprint density at radius 3 is 2.45 bits per heavy atom. The van der Waals surface area contributed by atoms with Crippen LogP contribution in [0.5, 0.6) is 5.75 Å². The van der Waals surface area contributed by atoms with E-state index in [1.54, 1.807) is 19.1 Å². The van der Waals surface area contributed by atoms with E-state index in [9.17, 15) is 9.59 Å². The largest absolute Gasteiger partial charge is 0.497 e. The van der Waals surface area contributed by atoms with Crippen LogP contribution >= 0.6 is 0 Å². The van der Waals surface area contributed by atoms with E-state index in [1.807, 2.05) is 55.5 Å². The maximum absolute atomic E-state index is 13.1. The Morgan fingerprint density at radius 2 is 1.79 bits per heavy atom. The Balaban J connectivity index is 1.83. The van der Waals surface area contributed by atoms with Gasteiger partial charge in [-0.15, -0.1) is 0 Å². The number of nitrogens with zero attached hydrogens (tertiary/aromatic N) is 1. The van der Waals surface area contributed by atoms with Gasteiger partial charge in [-0.2, -0.15) is 0 Å². The maximum Gasteiger partial charge on any atom is 0.254 e. The first-order valence-corrected chi connectivity index (χ1v) is 9.80. The number of amides is 2. The fraction of sp³-hybridized carbons (Fsp3) is 0.391. The number of aryl methyl sites for hydroxylation is 1. The number of hydrogen-bond donors (Lipinski definition) is 1. The highest BCUT2D eigenvalue weighted by Gasteiger charge is 2.40. The molecule has 29 heavy (non-hydrogen) atoms. The number of benzene rings is 2. The van der Waals surface area contributed by atoms with Crippen molar-refractivity contribution in [3.8, 4) is 5.75 Å². The molecule has 2 aromatic rings. The molecule has 0 unspecified atom stereocenters. The van der Waals surface area contributed by atoms with Crippen LogP contribution in [0, 0.1) is 12.8 Å². The second-order valence-electron chi connectivity index (χ2n) is 7.30.